The first-order valence-corrected chi connectivity index (χ1v) is 6.79. The molecule has 2 rings (SSSR count). The minimum atomic E-state index is -0.0806. The minimum absolute atomic E-state index is 0.00272. The molecule has 0 amide bonds. The third-order valence-corrected chi connectivity index (χ3v) is 3.97. The summed E-state index contributed by atoms with van der Waals surface area (Å²) in [6, 6.07) is 3.64. The van der Waals surface area contributed by atoms with Crippen molar-refractivity contribution in [3.8, 4) is 11.5 Å². The number of hydrogen-bond donors (Lipinski definition) is 0. The van der Waals surface area contributed by atoms with Crippen molar-refractivity contribution in [2.75, 3.05) is 14.2 Å². The number of Topliss-reactive ketones (excluding diaryl/α,β-unsaturated/α-hetero) is 2. The number of ketones is 2. The van der Waals surface area contributed by atoms with Gasteiger partial charge in [-0.3, -0.25) is 9.59 Å². The van der Waals surface area contributed by atoms with Crippen molar-refractivity contribution in [3.63, 3.8) is 0 Å². The standard InChI is InChI=1S/C14H15BrO4/c1-18-13-6-11(12(15)7-14(13)19-2)8-3-9(16)5-10(17)4-8/h6-8H,3-5H2,1-2H3. The molecule has 0 spiro atoms. The van der Waals surface area contributed by atoms with Crippen molar-refractivity contribution >= 4 is 27.5 Å². The summed E-state index contributed by atoms with van der Waals surface area (Å²) < 4.78 is 11.3. The first kappa shape index (κ1) is 14.1. The normalized spacial score (nSPS) is 16.6. The summed E-state index contributed by atoms with van der Waals surface area (Å²) in [4.78, 5) is 23.1. The van der Waals surface area contributed by atoms with Crippen molar-refractivity contribution in [1.82, 2.24) is 0 Å². The lowest BCUT2D eigenvalue weighted by molar-refractivity contribution is -0.130. The highest BCUT2D eigenvalue weighted by Gasteiger charge is 2.28. The molecule has 0 aliphatic heterocycles. The number of carbonyl (C=O) groups excluding carboxylic acids is 2. The number of ether oxygens (including phenoxy) is 2. The minimum Gasteiger partial charge on any atom is -0.493 e. The van der Waals surface area contributed by atoms with Crippen molar-refractivity contribution in [1.29, 1.82) is 0 Å². The molecule has 0 N–H and O–H groups in total. The van der Waals surface area contributed by atoms with Gasteiger partial charge in [0.05, 0.1) is 20.6 Å². The van der Waals surface area contributed by atoms with Crippen LogP contribution in [0.4, 0.5) is 0 Å². The van der Waals surface area contributed by atoms with Gasteiger partial charge in [-0.25, -0.2) is 0 Å². The van der Waals surface area contributed by atoms with Gasteiger partial charge in [-0.05, 0) is 23.6 Å². The third-order valence-electron chi connectivity index (χ3n) is 3.29. The highest BCUT2D eigenvalue weighted by molar-refractivity contribution is 9.10. The fraction of sp³-hybridized carbons (Fsp3) is 0.429. The molecule has 0 saturated heterocycles. The number of halogens is 1. The van der Waals surface area contributed by atoms with E-state index in [9.17, 15) is 9.59 Å². The van der Waals surface area contributed by atoms with Gasteiger partial charge in [-0.2, -0.15) is 0 Å². The summed E-state index contributed by atoms with van der Waals surface area (Å²) in [5.41, 5.74) is 0.916. The Morgan fingerprint density at radius 2 is 1.58 bits per heavy atom. The van der Waals surface area contributed by atoms with E-state index in [0.717, 1.165) is 10.0 Å². The number of carbonyl (C=O) groups is 2. The highest BCUT2D eigenvalue weighted by atomic mass is 79.9. The van der Waals surface area contributed by atoms with Gasteiger partial charge in [0.1, 0.15) is 11.6 Å². The van der Waals surface area contributed by atoms with Gasteiger partial charge in [0.25, 0.3) is 0 Å². The van der Waals surface area contributed by atoms with Gasteiger partial charge < -0.3 is 9.47 Å². The maximum absolute atomic E-state index is 11.6. The Morgan fingerprint density at radius 1 is 1.05 bits per heavy atom. The Kier molecular flexibility index (Phi) is 4.24. The molecule has 4 nitrogen and oxygen atoms in total. The molecule has 1 aromatic rings. The molecule has 1 aliphatic rings. The lowest BCUT2D eigenvalue weighted by atomic mass is 9.82. The molecule has 1 fully saturated rings. The summed E-state index contributed by atoms with van der Waals surface area (Å²) in [5, 5.41) is 0. The zero-order valence-corrected chi connectivity index (χ0v) is 12.5. The molecule has 0 atom stereocenters. The Morgan fingerprint density at radius 3 is 2.11 bits per heavy atom. The average molecular weight is 327 g/mol. The number of rotatable bonds is 3. The summed E-state index contributed by atoms with van der Waals surface area (Å²) in [7, 11) is 3.13. The largest absolute Gasteiger partial charge is 0.493 e. The van der Waals surface area contributed by atoms with E-state index in [0.29, 0.717) is 24.3 Å². The molecule has 0 aromatic heterocycles. The molecule has 1 aromatic carbocycles. The van der Waals surface area contributed by atoms with E-state index < -0.39 is 0 Å². The monoisotopic (exact) mass is 326 g/mol. The first-order chi connectivity index (χ1) is 9.05. The average Bonchev–Trinajstić information content (AvgIpc) is 2.37. The maximum Gasteiger partial charge on any atom is 0.161 e. The lowest BCUT2D eigenvalue weighted by Gasteiger charge is -2.22. The second-order valence-electron chi connectivity index (χ2n) is 4.59. The van der Waals surface area contributed by atoms with Gasteiger partial charge in [0.15, 0.2) is 11.5 Å². The van der Waals surface area contributed by atoms with Gasteiger partial charge in [-0.1, -0.05) is 15.9 Å². The van der Waals surface area contributed by atoms with E-state index in [2.05, 4.69) is 15.9 Å². The maximum atomic E-state index is 11.6. The molecule has 0 unspecified atom stereocenters. The molecule has 1 aliphatic carbocycles. The van der Waals surface area contributed by atoms with E-state index >= 15 is 0 Å². The molecule has 0 bridgehead atoms. The van der Waals surface area contributed by atoms with Crippen molar-refractivity contribution in [2.24, 2.45) is 0 Å². The molecule has 0 heterocycles. The van der Waals surface area contributed by atoms with Crippen LogP contribution in [-0.4, -0.2) is 25.8 Å². The van der Waals surface area contributed by atoms with E-state index in [4.69, 9.17) is 9.47 Å². The first-order valence-electron chi connectivity index (χ1n) is 6.00. The quantitative estimate of drug-likeness (QED) is 0.801. The lowest BCUT2D eigenvalue weighted by Crippen LogP contribution is -2.21. The van der Waals surface area contributed by atoms with Crippen LogP contribution in [0.2, 0.25) is 0 Å². The Hall–Kier alpha value is -1.36. The van der Waals surface area contributed by atoms with Crippen LogP contribution in [-0.2, 0) is 9.59 Å². The van der Waals surface area contributed by atoms with E-state index in [-0.39, 0.29) is 23.9 Å². The molecular weight excluding hydrogens is 312 g/mol. The summed E-state index contributed by atoms with van der Waals surface area (Å²) in [5.74, 6) is 1.14. The number of benzene rings is 1. The second kappa shape index (κ2) is 5.74. The predicted octanol–water partition coefficient (Wildman–Crippen LogP) is 2.87. The third kappa shape index (κ3) is 2.97. The Bertz CT molecular complexity index is 508. The highest BCUT2D eigenvalue weighted by Crippen LogP contribution is 2.40. The van der Waals surface area contributed by atoms with E-state index in [1.807, 2.05) is 6.07 Å². The van der Waals surface area contributed by atoms with Gasteiger partial charge in [0.2, 0.25) is 0 Å². The zero-order chi connectivity index (χ0) is 14.0. The van der Waals surface area contributed by atoms with Gasteiger partial charge in [-0.15, -0.1) is 0 Å². The van der Waals surface area contributed by atoms with Gasteiger partial charge >= 0.3 is 0 Å². The van der Waals surface area contributed by atoms with Crippen LogP contribution in [0.1, 0.15) is 30.7 Å². The van der Waals surface area contributed by atoms with E-state index in [1.54, 1.807) is 20.3 Å². The van der Waals surface area contributed by atoms with Gasteiger partial charge in [0, 0.05) is 17.3 Å². The van der Waals surface area contributed by atoms with Crippen LogP contribution < -0.4 is 9.47 Å². The van der Waals surface area contributed by atoms with Crippen LogP contribution in [0, 0.1) is 0 Å². The predicted molar refractivity (Wildman–Crippen MR) is 73.9 cm³/mol. The summed E-state index contributed by atoms with van der Waals surface area (Å²) >= 11 is 3.47. The molecule has 102 valence electrons. The van der Waals surface area contributed by atoms with Crippen molar-refractivity contribution in [2.45, 2.75) is 25.2 Å². The van der Waals surface area contributed by atoms with Crippen molar-refractivity contribution in [3.05, 3.63) is 22.2 Å². The molecule has 1 saturated carbocycles. The van der Waals surface area contributed by atoms with Crippen LogP contribution in [0.5, 0.6) is 11.5 Å². The van der Waals surface area contributed by atoms with E-state index in [1.165, 1.54) is 0 Å². The number of methoxy groups -OCH3 is 2. The molecule has 0 radical (unpaired) electrons. The smallest absolute Gasteiger partial charge is 0.161 e. The zero-order valence-electron chi connectivity index (χ0n) is 10.9. The number of hydrogen-bond acceptors (Lipinski definition) is 4. The van der Waals surface area contributed by atoms with Crippen LogP contribution >= 0.6 is 15.9 Å². The molecule has 19 heavy (non-hydrogen) atoms. The van der Waals surface area contributed by atoms with Crippen LogP contribution in [0.25, 0.3) is 0 Å². The molecule has 5 heteroatoms. The topological polar surface area (TPSA) is 52.6 Å². The SMILES string of the molecule is COc1cc(Br)c(C2CC(=O)CC(=O)C2)cc1OC. The Balaban J connectivity index is 2.38. The fourth-order valence-electron chi connectivity index (χ4n) is 2.39. The van der Waals surface area contributed by atoms with Crippen LogP contribution in [0.15, 0.2) is 16.6 Å². The fourth-order valence-corrected chi connectivity index (χ4v) is 3.03. The van der Waals surface area contributed by atoms with Crippen molar-refractivity contribution < 1.29 is 19.1 Å². The second-order valence-corrected chi connectivity index (χ2v) is 5.44. The Labute approximate surface area is 120 Å². The summed E-state index contributed by atoms with van der Waals surface area (Å²) in [6.07, 6.45) is 0.876. The van der Waals surface area contributed by atoms with Crippen LogP contribution in [0.3, 0.4) is 0 Å². The molecular formula is C14H15BrO4. The summed E-state index contributed by atoms with van der Waals surface area (Å²) in [6.45, 7) is 0.